The molecule has 0 aliphatic carbocycles. The molecule has 0 fully saturated rings. The van der Waals surface area contributed by atoms with Gasteiger partial charge in [0, 0.05) is 25.2 Å². The van der Waals surface area contributed by atoms with E-state index in [9.17, 15) is 4.79 Å². The molecule has 0 radical (unpaired) electrons. The molecule has 106 valence electrons. The third kappa shape index (κ3) is 2.21. The molecule has 2 aromatic rings. The predicted octanol–water partition coefficient (Wildman–Crippen LogP) is 1.54. The van der Waals surface area contributed by atoms with E-state index in [0.717, 1.165) is 30.9 Å². The van der Waals surface area contributed by atoms with Crippen LogP contribution in [0, 0.1) is 20.8 Å². The molecule has 3 heterocycles. The number of hydrogen-bond acceptors (Lipinski definition) is 4. The molecule has 1 amide bonds. The molecule has 0 bridgehead atoms. The van der Waals surface area contributed by atoms with Crippen LogP contribution in [0.4, 0.5) is 0 Å². The second-order valence-electron chi connectivity index (χ2n) is 5.36. The Morgan fingerprint density at radius 1 is 1.45 bits per heavy atom. The summed E-state index contributed by atoms with van der Waals surface area (Å²) in [4.78, 5) is 16.8. The van der Waals surface area contributed by atoms with E-state index in [1.807, 2.05) is 13.1 Å². The Balaban J connectivity index is 1.72. The first-order chi connectivity index (χ1) is 9.54. The molecule has 20 heavy (non-hydrogen) atoms. The first-order valence-corrected chi connectivity index (χ1v) is 6.81. The van der Waals surface area contributed by atoms with Gasteiger partial charge in [-0.15, -0.1) is 0 Å². The van der Waals surface area contributed by atoms with Gasteiger partial charge in [0.15, 0.2) is 0 Å². The SMILES string of the molecule is Cc1cn2c(n1)CCC(NC(=O)c1c(C)noc1C)C2. The minimum atomic E-state index is -0.105. The average molecular weight is 274 g/mol. The molecular formula is C14H18N4O2. The molecule has 0 spiro atoms. The zero-order valence-electron chi connectivity index (χ0n) is 11.9. The van der Waals surface area contributed by atoms with Gasteiger partial charge in [0.05, 0.1) is 11.4 Å². The van der Waals surface area contributed by atoms with Crippen molar-refractivity contribution >= 4 is 5.91 Å². The van der Waals surface area contributed by atoms with Gasteiger partial charge in [-0.05, 0) is 27.2 Å². The molecule has 1 atom stereocenters. The summed E-state index contributed by atoms with van der Waals surface area (Å²) in [7, 11) is 0. The number of nitrogens with one attached hydrogen (secondary N) is 1. The van der Waals surface area contributed by atoms with Crippen LogP contribution in [0.2, 0.25) is 0 Å². The van der Waals surface area contributed by atoms with Gasteiger partial charge in [-0.2, -0.15) is 0 Å². The summed E-state index contributed by atoms with van der Waals surface area (Å²) in [6.07, 6.45) is 3.83. The van der Waals surface area contributed by atoms with Crippen molar-refractivity contribution in [2.75, 3.05) is 0 Å². The first-order valence-electron chi connectivity index (χ1n) is 6.81. The van der Waals surface area contributed by atoms with Crippen LogP contribution >= 0.6 is 0 Å². The van der Waals surface area contributed by atoms with Crippen LogP contribution in [-0.2, 0) is 13.0 Å². The molecular weight excluding hydrogens is 256 g/mol. The Morgan fingerprint density at radius 3 is 2.95 bits per heavy atom. The number of nitrogens with zero attached hydrogens (tertiary/aromatic N) is 3. The van der Waals surface area contributed by atoms with Gasteiger partial charge in [0.2, 0.25) is 0 Å². The van der Waals surface area contributed by atoms with Crippen molar-refractivity contribution in [3.05, 3.63) is 34.7 Å². The summed E-state index contributed by atoms with van der Waals surface area (Å²) in [5, 5.41) is 6.88. The predicted molar refractivity (Wildman–Crippen MR) is 72.5 cm³/mol. The fraction of sp³-hybridized carbons (Fsp3) is 0.500. The van der Waals surface area contributed by atoms with Crippen molar-refractivity contribution in [2.24, 2.45) is 0 Å². The lowest BCUT2D eigenvalue weighted by molar-refractivity contribution is 0.0925. The summed E-state index contributed by atoms with van der Waals surface area (Å²) in [6, 6.07) is 0.122. The van der Waals surface area contributed by atoms with Gasteiger partial charge in [0.1, 0.15) is 17.1 Å². The topological polar surface area (TPSA) is 73.0 Å². The van der Waals surface area contributed by atoms with E-state index in [0.29, 0.717) is 17.0 Å². The lowest BCUT2D eigenvalue weighted by Crippen LogP contribution is -2.41. The van der Waals surface area contributed by atoms with Crippen LogP contribution in [-0.4, -0.2) is 26.7 Å². The van der Waals surface area contributed by atoms with Crippen LogP contribution in [0.1, 0.15) is 39.8 Å². The van der Waals surface area contributed by atoms with E-state index >= 15 is 0 Å². The van der Waals surface area contributed by atoms with E-state index in [1.54, 1.807) is 13.8 Å². The van der Waals surface area contributed by atoms with Crippen molar-refractivity contribution < 1.29 is 9.32 Å². The molecule has 0 saturated heterocycles. The van der Waals surface area contributed by atoms with Gasteiger partial charge >= 0.3 is 0 Å². The largest absolute Gasteiger partial charge is 0.361 e. The highest BCUT2D eigenvalue weighted by molar-refractivity contribution is 5.96. The maximum absolute atomic E-state index is 12.3. The molecule has 2 aromatic heterocycles. The smallest absolute Gasteiger partial charge is 0.257 e. The number of aryl methyl sites for hydroxylation is 4. The molecule has 3 rings (SSSR count). The number of aromatic nitrogens is 3. The standard InChI is InChI=1S/C14H18N4O2/c1-8-6-18-7-11(4-5-12(18)15-8)16-14(19)13-9(2)17-20-10(13)3/h6,11H,4-5,7H2,1-3H3,(H,16,19). The van der Waals surface area contributed by atoms with E-state index in [4.69, 9.17) is 4.52 Å². The van der Waals surface area contributed by atoms with Crippen molar-refractivity contribution in [2.45, 2.75) is 46.2 Å². The second-order valence-corrected chi connectivity index (χ2v) is 5.36. The molecule has 0 saturated carbocycles. The highest BCUT2D eigenvalue weighted by atomic mass is 16.5. The van der Waals surface area contributed by atoms with Crippen LogP contribution in [0.25, 0.3) is 0 Å². The number of amides is 1. The van der Waals surface area contributed by atoms with E-state index in [2.05, 4.69) is 20.0 Å². The van der Waals surface area contributed by atoms with E-state index in [-0.39, 0.29) is 11.9 Å². The maximum atomic E-state index is 12.3. The van der Waals surface area contributed by atoms with Crippen LogP contribution in [0.3, 0.4) is 0 Å². The monoisotopic (exact) mass is 274 g/mol. The number of carbonyl (C=O) groups is 1. The summed E-state index contributed by atoms with van der Waals surface area (Å²) >= 11 is 0. The number of hydrogen-bond donors (Lipinski definition) is 1. The van der Waals surface area contributed by atoms with E-state index in [1.165, 1.54) is 0 Å². The molecule has 6 nitrogen and oxygen atoms in total. The normalized spacial score (nSPS) is 17.9. The van der Waals surface area contributed by atoms with Gasteiger partial charge in [0.25, 0.3) is 5.91 Å². The Kier molecular flexibility index (Phi) is 3.08. The third-order valence-corrected chi connectivity index (χ3v) is 3.71. The first kappa shape index (κ1) is 12.9. The lowest BCUT2D eigenvalue weighted by Gasteiger charge is -2.24. The van der Waals surface area contributed by atoms with Crippen molar-refractivity contribution in [1.82, 2.24) is 20.0 Å². The Morgan fingerprint density at radius 2 is 2.25 bits per heavy atom. The maximum Gasteiger partial charge on any atom is 0.257 e. The number of carbonyl (C=O) groups excluding carboxylic acids is 1. The van der Waals surface area contributed by atoms with Gasteiger partial charge in [-0.1, -0.05) is 5.16 Å². The molecule has 1 aliphatic heterocycles. The minimum absolute atomic E-state index is 0.105. The van der Waals surface area contributed by atoms with Crippen LogP contribution < -0.4 is 5.32 Å². The van der Waals surface area contributed by atoms with Crippen LogP contribution in [0.5, 0.6) is 0 Å². The van der Waals surface area contributed by atoms with E-state index < -0.39 is 0 Å². The fourth-order valence-electron chi connectivity index (χ4n) is 2.77. The zero-order valence-corrected chi connectivity index (χ0v) is 11.9. The third-order valence-electron chi connectivity index (χ3n) is 3.71. The van der Waals surface area contributed by atoms with Crippen LogP contribution in [0.15, 0.2) is 10.7 Å². The van der Waals surface area contributed by atoms with Gasteiger partial charge in [-0.25, -0.2) is 4.98 Å². The highest BCUT2D eigenvalue weighted by Gasteiger charge is 2.24. The molecule has 0 aromatic carbocycles. The average Bonchev–Trinajstić information content (AvgIpc) is 2.91. The quantitative estimate of drug-likeness (QED) is 0.901. The summed E-state index contributed by atoms with van der Waals surface area (Å²) in [5.74, 6) is 1.56. The number of rotatable bonds is 2. The summed E-state index contributed by atoms with van der Waals surface area (Å²) < 4.78 is 7.16. The highest BCUT2D eigenvalue weighted by Crippen LogP contribution is 2.17. The van der Waals surface area contributed by atoms with Crippen molar-refractivity contribution in [3.8, 4) is 0 Å². The Bertz CT molecular complexity index is 637. The Hall–Kier alpha value is -2.11. The molecule has 1 aliphatic rings. The fourth-order valence-corrected chi connectivity index (χ4v) is 2.77. The number of fused-ring (bicyclic) bond motifs is 1. The second kappa shape index (κ2) is 4.77. The van der Waals surface area contributed by atoms with Crippen molar-refractivity contribution in [1.29, 1.82) is 0 Å². The molecule has 6 heteroatoms. The van der Waals surface area contributed by atoms with Gasteiger partial charge < -0.3 is 14.4 Å². The summed E-state index contributed by atoms with van der Waals surface area (Å²) in [6.45, 7) is 6.30. The number of imidazole rings is 1. The van der Waals surface area contributed by atoms with Gasteiger partial charge in [-0.3, -0.25) is 4.79 Å². The molecule has 1 N–H and O–H groups in total. The lowest BCUT2D eigenvalue weighted by atomic mass is 10.1. The molecule has 1 unspecified atom stereocenters. The Labute approximate surface area is 117 Å². The van der Waals surface area contributed by atoms with Crippen molar-refractivity contribution in [3.63, 3.8) is 0 Å². The zero-order chi connectivity index (χ0) is 14.3. The summed E-state index contributed by atoms with van der Waals surface area (Å²) in [5.41, 5.74) is 2.21. The minimum Gasteiger partial charge on any atom is -0.361 e.